The molecule has 1 heterocycles. The highest BCUT2D eigenvalue weighted by atomic mass is 32.2. The fraction of sp³-hybridized carbons (Fsp3) is 0.538. The summed E-state index contributed by atoms with van der Waals surface area (Å²) in [7, 11) is 0. The number of nitrogens with zero attached hydrogens (tertiary/aromatic N) is 1. The van der Waals surface area contributed by atoms with E-state index in [4.69, 9.17) is 10.5 Å². The number of nitrogens with two attached hydrogens (primary N) is 1. The number of esters is 1. The van der Waals surface area contributed by atoms with Crippen LogP contribution in [0, 0.1) is 0 Å². The number of nitrogen functional groups attached to an aromatic ring is 1. The Kier molecular flexibility index (Phi) is 6.49. The largest absolute Gasteiger partial charge is 0.462 e. The highest BCUT2D eigenvalue weighted by Crippen LogP contribution is 2.18. The van der Waals surface area contributed by atoms with Gasteiger partial charge in [-0.3, -0.25) is 0 Å². The Balaban J connectivity index is 2.84. The first kappa shape index (κ1) is 15.6. The molecule has 5 nitrogen and oxygen atoms in total. The van der Waals surface area contributed by atoms with Gasteiger partial charge >= 0.3 is 5.97 Å². The van der Waals surface area contributed by atoms with Gasteiger partial charge in [0.1, 0.15) is 11.4 Å². The van der Waals surface area contributed by atoms with Crippen LogP contribution in [-0.4, -0.2) is 35.6 Å². The van der Waals surface area contributed by atoms with Gasteiger partial charge in [-0.1, -0.05) is 0 Å². The minimum Gasteiger partial charge on any atom is -0.462 e. The topological polar surface area (TPSA) is 77.2 Å². The van der Waals surface area contributed by atoms with Crippen LogP contribution in [0.3, 0.4) is 0 Å². The molecule has 0 aliphatic carbocycles. The summed E-state index contributed by atoms with van der Waals surface area (Å²) in [6.45, 7) is 4.16. The highest BCUT2D eigenvalue weighted by Gasteiger charge is 2.16. The van der Waals surface area contributed by atoms with Gasteiger partial charge in [-0.15, -0.1) is 0 Å². The maximum Gasteiger partial charge on any atom is 0.341 e. The van der Waals surface area contributed by atoms with Crippen molar-refractivity contribution in [2.24, 2.45) is 0 Å². The summed E-state index contributed by atoms with van der Waals surface area (Å²) in [5.41, 5.74) is 6.51. The fourth-order valence-electron chi connectivity index (χ4n) is 1.56. The van der Waals surface area contributed by atoms with E-state index in [0.29, 0.717) is 23.7 Å². The van der Waals surface area contributed by atoms with Crippen LogP contribution in [0.1, 0.15) is 30.6 Å². The fourth-order valence-corrected chi connectivity index (χ4v) is 2.15. The number of nitrogens with one attached hydrogen (secondary N) is 1. The van der Waals surface area contributed by atoms with E-state index in [2.05, 4.69) is 23.5 Å². The minimum atomic E-state index is -0.401. The Labute approximate surface area is 118 Å². The maximum absolute atomic E-state index is 11.9. The van der Waals surface area contributed by atoms with E-state index in [1.54, 1.807) is 24.8 Å². The summed E-state index contributed by atoms with van der Waals surface area (Å²) >= 11 is 1.79. The van der Waals surface area contributed by atoms with Crippen molar-refractivity contribution in [2.45, 2.75) is 26.3 Å². The molecule has 0 radical (unpaired) electrons. The molecular weight excluding hydrogens is 262 g/mol. The van der Waals surface area contributed by atoms with Crippen LogP contribution in [0.15, 0.2) is 12.3 Å². The van der Waals surface area contributed by atoms with Crippen molar-refractivity contribution in [3.05, 3.63) is 17.8 Å². The molecule has 0 saturated carbocycles. The molecule has 0 aliphatic rings. The molecule has 1 aromatic rings. The molecule has 1 aromatic heterocycles. The Morgan fingerprint density at radius 1 is 1.63 bits per heavy atom. The number of carbonyl (C=O) groups is 1. The summed E-state index contributed by atoms with van der Waals surface area (Å²) < 4.78 is 5.01. The van der Waals surface area contributed by atoms with Crippen molar-refractivity contribution in [1.82, 2.24) is 4.98 Å². The molecule has 0 aliphatic heterocycles. The van der Waals surface area contributed by atoms with Gasteiger partial charge in [-0.05, 0) is 38.3 Å². The summed E-state index contributed by atoms with van der Waals surface area (Å²) in [6.07, 6.45) is 4.60. The van der Waals surface area contributed by atoms with Crippen LogP contribution in [-0.2, 0) is 4.74 Å². The van der Waals surface area contributed by atoms with Crippen LogP contribution >= 0.6 is 11.8 Å². The number of hydrogen-bond acceptors (Lipinski definition) is 6. The monoisotopic (exact) mass is 283 g/mol. The molecular formula is C13H21N3O2S. The standard InChI is InChI=1S/C13H21N3O2S/c1-4-18-13(17)11-7-10(14)8-15-12(11)16-9(2)5-6-19-3/h7-9H,4-6,14H2,1-3H3,(H,15,16). The molecule has 3 N–H and O–H groups in total. The van der Waals surface area contributed by atoms with Gasteiger partial charge < -0.3 is 15.8 Å². The van der Waals surface area contributed by atoms with Crippen LogP contribution < -0.4 is 11.1 Å². The van der Waals surface area contributed by atoms with Crippen molar-refractivity contribution < 1.29 is 9.53 Å². The van der Waals surface area contributed by atoms with E-state index >= 15 is 0 Å². The first-order valence-electron chi connectivity index (χ1n) is 6.26. The molecule has 1 unspecified atom stereocenters. The lowest BCUT2D eigenvalue weighted by atomic mass is 10.2. The molecule has 0 spiro atoms. The van der Waals surface area contributed by atoms with Crippen LogP contribution in [0.5, 0.6) is 0 Å². The second-order valence-corrected chi connectivity index (χ2v) is 5.20. The Morgan fingerprint density at radius 2 is 2.37 bits per heavy atom. The van der Waals surface area contributed by atoms with Gasteiger partial charge in [-0.2, -0.15) is 11.8 Å². The SMILES string of the molecule is CCOC(=O)c1cc(N)cnc1NC(C)CCSC. The number of ether oxygens (including phenoxy) is 1. The van der Waals surface area contributed by atoms with E-state index < -0.39 is 5.97 Å². The third kappa shape index (κ3) is 4.98. The van der Waals surface area contributed by atoms with E-state index in [1.807, 2.05) is 0 Å². The number of aromatic nitrogens is 1. The molecule has 0 bridgehead atoms. The molecule has 1 atom stereocenters. The lowest BCUT2D eigenvalue weighted by Crippen LogP contribution is -2.20. The van der Waals surface area contributed by atoms with E-state index in [0.717, 1.165) is 12.2 Å². The third-order valence-corrected chi connectivity index (χ3v) is 3.19. The first-order valence-corrected chi connectivity index (χ1v) is 7.66. The normalized spacial score (nSPS) is 11.9. The first-order chi connectivity index (χ1) is 9.08. The van der Waals surface area contributed by atoms with Crippen molar-refractivity contribution in [2.75, 3.05) is 29.7 Å². The van der Waals surface area contributed by atoms with Crippen molar-refractivity contribution in [3.8, 4) is 0 Å². The summed E-state index contributed by atoms with van der Waals surface area (Å²) in [6, 6.07) is 1.82. The maximum atomic E-state index is 11.9. The predicted octanol–water partition coefficient (Wildman–Crippen LogP) is 2.39. The van der Waals surface area contributed by atoms with Crippen molar-refractivity contribution in [3.63, 3.8) is 0 Å². The zero-order chi connectivity index (χ0) is 14.3. The van der Waals surface area contributed by atoms with E-state index in [1.165, 1.54) is 6.20 Å². The lowest BCUT2D eigenvalue weighted by molar-refractivity contribution is 0.0527. The second kappa shape index (κ2) is 7.89. The summed E-state index contributed by atoms with van der Waals surface area (Å²) in [5.74, 6) is 1.18. The number of anilines is 2. The van der Waals surface area contributed by atoms with Gasteiger partial charge in [-0.25, -0.2) is 9.78 Å². The molecule has 1 rings (SSSR count). The molecule has 6 heteroatoms. The van der Waals surface area contributed by atoms with E-state index in [9.17, 15) is 4.79 Å². The van der Waals surface area contributed by atoms with Gasteiger partial charge in [0, 0.05) is 6.04 Å². The van der Waals surface area contributed by atoms with Gasteiger partial charge in [0.2, 0.25) is 0 Å². The Bertz CT molecular complexity index is 426. The summed E-state index contributed by atoms with van der Waals surface area (Å²) in [5, 5.41) is 3.23. The predicted molar refractivity (Wildman–Crippen MR) is 80.7 cm³/mol. The zero-order valence-electron chi connectivity index (χ0n) is 11.6. The zero-order valence-corrected chi connectivity index (χ0v) is 12.4. The van der Waals surface area contributed by atoms with Crippen molar-refractivity contribution >= 4 is 29.2 Å². The molecule has 0 fully saturated rings. The molecule has 106 valence electrons. The molecule has 0 saturated heterocycles. The smallest absolute Gasteiger partial charge is 0.341 e. The molecule has 0 amide bonds. The van der Waals surface area contributed by atoms with Crippen LogP contribution in [0.4, 0.5) is 11.5 Å². The average molecular weight is 283 g/mol. The third-order valence-electron chi connectivity index (χ3n) is 2.54. The number of pyridine rings is 1. The number of rotatable bonds is 7. The Hall–Kier alpha value is -1.43. The molecule has 19 heavy (non-hydrogen) atoms. The van der Waals surface area contributed by atoms with Crippen LogP contribution in [0.25, 0.3) is 0 Å². The van der Waals surface area contributed by atoms with Gasteiger partial charge in [0.25, 0.3) is 0 Å². The lowest BCUT2D eigenvalue weighted by Gasteiger charge is -2.16. The van der Waals surface area contributed by atoms with Gasteiger partial charge in [0.05, 0.1) is 18.5 Å². The van der Waals surface area contributed by atoms with Gasteiger partial charge in [0.15, 0.2) is 0 Å². The number of thioether (sulfide) groups is 1. The Morgan fingerprint density at radius 3 is 3.00 bits per heavy atom. The summed E-state index contributed by atoms with van der Waals surface area (Å²) in [4.78, 5) is 16.0. The second-order valence-electron chi connectivity index (χ2n) is 4.21. The van der Waals surface area contributed by atoms with Crippen molar-refractivity contribution in [1.29, 1.82) is 0 Å². The number of carbonyl (C=O) groups excluding carboxylic acids is 1. The quantitative estimate of drug-likeness (QED) is 0.748. The van der Waals surface area contributed by atoms with Crippen LogP contribution in [0.2, 0.25) is 0 Å². The average Bonchev–Trinajstić information content (AvgIpc) is 2.38. The minimum absolute atomic E-state index is 0.233. The number of hydrogen-bond donors (Lipinski definition) is 2. The highest BCUT2D eigenvalue weighted by molar-refractivity contribution is 7.98. The van der Waals surface area contributed by atoms with E-state index in [-0.39, 0.29) is 6.04 Å². The molecule has 0 aromatic carbocycles.